The molecule has 0 aromatic heterocycles. The molecule has 0 spiro atoms. The summed E-state index contributed by atoms with van der Waals surface area (Å²) in [6, 6.07) is 12.4. The maximum atomic E-state index is 14.3. The van der Waals surface area contributed by atoms with E-state index in [2.05, 4.69) is 4.90 Å². The van der Waals surface area contributed by atoms with E-state index < -0.39 is 23.0 Å². The van der Waals surface area contributed by atoms with Gasteiger partial charge in [-0.15, -0.1) is 0 Å². The van der Waals surface area contributed by atoms with Gasteiger partial charge in [0.1, 0.15) is 17.4 Å². The lowest BCUT2D eigenvalue weighted by Crippen LogP contribution is -2.53. The number of likely N-dealkylation sites (tertiary alicyclic amines) is 1. The Morgan fingerprint density at radius 3 is 2.41 bits per heavy atom. The Kier molecular flexibility index (Phi) is 7.46. The Hall–Kier alpha value is -3.00. The molecule has 2 saturated heterocycles. The van der Waals surface area contributed by atoms with E-state index in [1.807, 2.05) is 42.3 Å². The van der Waals surface area contributed by atoms with Gasteiger partial charge in [-0.2, -0.15) is 0 Å². The predicted molar refractivity (Wildman–Crippen MR) is 125 cm³/mol. The Labute approximate surface area is 199 Å². The topological polar surface area (TPSA) is 53.1 Å². The van der Waals surface area contributed by atoms with Crippen LogP contribution in [0.5, 0.6) is 5.75 Å². The molecule has 34 heavy (non-hydrogen) atoms. The summed E-state index contributed by atoms with van der Waals surface area (Å²) in [6.45, 7) is 4.00. The smallest absolute Gasteiger partial charge is 0.256 e. The minimum absolute atomic E-state index is 0.0482. The van der Waals surface area contributed by atoms with Crippen LogP contribution in [0.25, 0.3) is 0 Å². The third-order valence-corrected chi connectivity index (χ3v) is 6.78. The lowest BCUT2D eigenvalue weighted by Gasteiger charge is -2.43. The molecule has 0 bridgehead atoms. The van der Waals surface area contributed by atoms with Crippen LogP contribution in [-0.2, 0) is 4.79 Å². The van der Waals surface area contributed by atoms with Crippen molar-refractivity contribution in [1.82, 2.24) is 14.7 Å². The number of nitrogens with zero attached hydrogens (tertiary/aromatic N) is 3. The van der Waals surface area contributed by atoms with Gasteiger partial charge in [-0.25, -0.2) is 8.78 Å². The summed E-state index contributed by atoms with van der Waals surface area (Å²) in [6.07, 6.45) is 1.64. The van der Waals surface area contributed by atoms with Gasteiger partial charge < -0.3 is 19.4 Å². The highest BCUT2D eigenvalue weighted by molar-refractivity contribution is 5.94. The molecule has 1 atom stereocenters. The number of ether oxygens (including phenoxy) is 1. The summed E-state index contributed by atoms with van der Waals surface area (Å²) in [5.41, 5.74) is -0.757. The lowest BCUT2D eigenvalue weighted by atomic mass is 9.77. The third-order valence-electron chi connectivity index (χ3n) is 6.78. The van der Waals surface area contributed by atoms with Crippen LogP contribution in [-0.4, -0.2) is 79.4 Å². The van der Waals surface area contributed by atoms with Crippen molar-refractivity contribution in [3.05, 3.63) is 65.7 Å². The number of hydrogen-bond acceptors (Lipinski definition) is 4. The first-order valence-corrected chi connectivity index (χ1v) is 11.7. The molecular weight excluding hydrogens is 440 g/mol. The van der Waals surface area contributed by atoms with Gasteiger partial charge in [0, 0.05) is 57.2 Å². The normalized spacial score (nSPS) is 21.4. The molecule has 2 fully saturated rings. The van der Waals surface area contributed by atoms with Gasteiger partial charge >= 0.3 is 0 Å². The molecule has 2 aliphatic heterocycles. The molecule has 0 unspecified atom stereocenters. The van der Waals surface area contributed by atoms with E-state index in [1.165, 1.54) is 6.07 Å². The van der Waals surface area contributed by atoms with E-state index in [0.29, 0.717) is 31.8 Å². The predicted octanol–water partition coefficient (Wildman–Crippen LogP) is 3.43. The van der Waals surface area contributed by atoms with Crippen molar-refractivity contribution in [2.75, 3.05) is 52.9 Å². The molecule has 2 aromatic carbocycles. The number of hydrogen-bond donors (Lipinski definition) is 0. The molecule has 4 rings (SSSR count). The zero-order chi connectivity index (χ0) is 24.1. The van der Waals surface area contributed by atoms with Gasteiger partial charge in [0.05, 0.1) is 12.2 Å². The number of benzene rings is 2. The zero-order valence-corrected chi connectivity index (χ0v) is 19.5. The fraction of sp³-hybridized carbons (Fsp3) is 0.462. The zero-order valence-electron chi connectivity index (χ0n) is 19.5. The minimum Gasteiger partial charge on any atom is -0.493 e. The van der Waals surface area contributed by atoms with Crippen LogP contribution >= 0.6 is 0 Å². The summed E-state index contributed by atoms with van der Waals surface area (Å²) in [7, 11) is 2.04. The molecular formula is C26H31F2N3O3. The van der Waals surface area contributed by atoms with E-state index in [9.17, 15) is 18.4 Å². The average Bonchev–Trinajstić information content (AvgIpc) is 2.84. The molecule has 2 aliphatic rings. The number of halogens is 2. The molecule has 2 amide bonds. The number of carbonyl (C=O) groups excluding carboxylic acids is 2. The highest BCUT2D eigenvalue weighted by atomic mass is 19.1. The fourth-order valence-corrected chi connectivity index (χ4v) is 4.77. The second-order valence-electron chi connectivity index (χ2n) is 9.42. The number of para-hydroxylation sites is 1. The minimum atomic E-state index is -0.879. The molecule has 0 radical (unpaired) electrons. The first-order valence-electron chi connectivity index (χ1n) is 11.7. The van der Waals surface area contributed by atoms with Crippen molar-refractivity contribution in [2.24, 2.45) is 5.41 Å². The molecule has 0 saturated carbocycles. The van der Waals surface area contributed by atoms with Crippen LogP contribution in [0.2, 0.25) is 0 Å². The standard InChI is InChI=1S/C26H31F2N3O3/c1-29-12-14-30(15-13-29)24(32)17-26(19-34-21-6-3-2-4-7-21)10-5-11-31(18-26)25(33)22-9-8-20(27)16-23(22)28/h2-4,6-9,16H,5,10-15,17-19H2,1H3/t26-/m1/s1. The van der Waals surface area contributed by atoms with E-state index >= 15 is 0 Å². The molecule has 2 aromatic rings. The van der Waals surface area contributed by atoms with Crippen molar-refractivity contribution in [3.63, 3.8) is 0 Å². The molecule has 8 heteroatoms. The second kappa shape index (κ2) is 10.5. The maximum Gasteiger partial charge on any atom is 0.256 e. The average molecular weight is 472 g/mol. The molecule has 182 valence electrons. The quantitative estimate of drug-likeness (QED) is 0.648. The van der Waals surface area contributed by atoms with E-state index in [0.717, 1.165) is 31.6 Å². The van der Waals surface area contributed by atoms with Crippen LogP contribution in [0, 0.1) is 17.0 Å². The van der Waals surface area contributed by atoms with E-state index in [4.69, 9.17) is 4.74 Å². The summed E-state index contributed by atoms with van der Waals surface area (Å²) >= 11 is 0. The first-order chi connectivity index (χ1) is 16.3. The maximum absolute atomic E-state index is 14.3. The number of piperidine rings is 1. The SMILES string of the molecule is CN1CCN(C(=O)C[C@]2(COc3ccccc3)CCCN(C(=O)c3ccc(F)cc3F)C2)CC1. The summed E-state index contributed by atoms with van der Waals surface area (Å²) in [4.78, 5) is 32.1. The van der Waals surface area contributed by atoms with E-state index in [1.54, 1.807) is 4.90 Å². The van der Waals surface area contributed by atoms with Gasteiger partial charge in [0.2, 0.25) is 5.91 Å². The van der Waals surface area contributed by atoms with Crippen molar-refractivity contribution < 1.29 is 23.1 Å². The Bertz CT molecular complexity index is 1010. The van der Waals surface area contributed by atoms with Gasteiger partial charge in [0.25, 0.3) is 5.91 Å². The van der Waals surface area contributed by atoms with Crippen molar-refractivity contribution in [2.45, 2.75) is 19.3 Å². The first kappa shape index (κ1) is 24.1. The van der Waals surface area contributed by atoms with Crippen molar-refractivity contribution >= 4 is 11.8 Å². The molecule has 6 nitrogen and oxygen atoms in total. The Morgan fingerprint density at radius 2 is 1.71 bits per heavy atom. The lowest BCUT2D eigenvalue weighted by molar-refractivity contribution is -0.137. The Balaban J connectivity index is 1.53. The van der Waals surface area contributed by atoms with Crippen LogP contribution in [0.15, 0.2) is 48.5 Å². The summed E-state index contributed by atoms with van der Waals surface area (Å²) < 4.78 is 33.8. The molecule has 2 heterocycles. The monoisotopic (exact) mass is 471 g/mol. The fourth-order valence-electron chi connectivity index (χ4n) is 4.77. The number of rotatable bonds is 6. The van der Waals surface area contributed by atoms with Gasteiger partial charge in [0.15, 0.2) is 0 Å². The summed E-state index contributed by atoms with van der Waals surface area (Å²) in [5, 5.41) is 0. The summed E-state index contributed by atoms with van der Waals surface area (Å²) in [5.74, 6) is -1.35. The second-order valence-corrected chi connectivity index (χ2v) is 9.42. The highest BCUT2D eigenvalue weighted by Gasteiger charge is 2.41. The van der Waals surface area contributed by atoms with Crippen LogP contribution < -0.4 is 4.74 Å². The van der Waals surface area contributed by atoms with Crippen LogP contribution in [0.4, 0.5) is 8.78 Å². The van der Waals surface area contributed by atoms with Crippen molar-refractivity contribution in [3.8, 4) is 5.75 Å². The largest absolute Gasteiger partial charge is 0.493 e. The van der Waals surface area contributed by atoms with Crippen LogP contribution in [0.1, 0.15) is 29.6 Å². The van der Waals surface area contributed by atoms with Crippen molar-refractivity contribution in [1.29, 1.82) is 0 Å². The van der Waals surface area contributed by atoms with Gasteiger partial charge in [-0.05, 0) is 44.2 Å². The van der Waals surface area contributed by atoms with Gasteiger partial charge in [-0.1, -0.05) is 18.2 Å². The van der Waals surface area contributed by atoms with E-state index in [-0.39, 0.29) is 31.0 Å². The number of amides is 2. The van der Waals surface area contributed by atoms with Gasteiger partial charge in [-0.3, -0.25) is 9.59 Å². The highest BCUT2D eigenvalue weighted by Crippen LogP contribution is 2.36. The number of likely N-dealkylation sites (N-methyl/N-ethyl adjacent to an activating group) is 1. The number of carbonyl (C=O) groups is 2. The number of piperazine rings is 1. The molecule has 0 aliphatic carbocycles. The Morgan fingerprint density at radius 1 is 0.971 bits per heavy atom. The third kappa shape index (κ3) is 5.73. The van der Waals surface area contributed by atoms with Crippen LogP contribution in [0.3, 0.4) is 0 Å². The molecule has 0 N–H and O–H groups in total.